The van der Waals surface area contributed by atoms with Crippen LogP contribution in [0.4, 0.5) is 13.2 Å². The quantitative estimate of drug-likeness (QED) is 0.284. The molecule has 0 heterocycles. The minimum Gasteiger partial charge on any atom is -0.493 e. The fraction of sp³-hybridized carbons (Fsp3) is 0.577. The normalized spacial score (nSPS) is 14.2. The number of Topliss-reactive ketones (excluding diaryl/α,β-unsaturated/α-hetero) is 1. The highest BCUT2D eigenvalue weighted by atomic mass is 19.4. The van der Waals surface area contributed by atoms with Crippen LogP contribution in [0.5, 0.6) is 5.75 Å². The van der Waals surface area contributed by atoms with E-state index in [0.717, 1.165) is 37.8 Å². The highest BCUT2D eigenvalue weighted by Crippen LogP contribution is 2.31. The molecule has 176 valence electrons. The average molecular weight is 441 g/mol. The number of hydrogen-bond acceptors (Lipinski definition) is 2. The maximum Gasteiger partial charge on any atom is 0.416 e. The third-order valence-corrected chi connectivity index (χ3v) is 4.66. The second-order valence-electron chi connectivity index (χ2n) is 7.30. The van der Waals surface area contributed by atoms with Crippen molar-refractivity contribution in [2.75, 3.05) is 6.61 Å². The molecule has 5 heteroatoms. The molecule has 2 nitrogen and oxygen atoms in total. The van der Waals surface area contributed by atoms with E-state index in [2.05, 4.69) is 18.2 Å². The van der Waals surface area contributed by atoms with E-state index in [4.69, 9.17) is 4.74 Å². The molecule has 1 aliphatic rings. The van der Waals surface area contributed by atoms with Crippen LogP contribution >= 0.6 is 0 Å². The van der Waals surface area contributed by atoms with Crippen LogP contribution in [0.2, 0.25) is 0 Å². The summed E-state index contributed by atoms with van der Waals surface area (Å²) in [5, 5.41) is 0. The maximum atomic E-state index is 12.5. The molecule has 0 N–H and O–H groups in total. The number of hydrogen-bond donors (Lipinski definition) is 0. The van der Waals surface area contributed by atoms with Gasteiger partial charge in [-0.1, -0.05) is 57.1 Å². The zero-order chi connectivity index (χ0) is 23.5. The van der Waals surface area contributed by atoms with Crippen LogP contribution in [0.1, 0.15) is 84.6 Å². The first-order valence-corrected chi connectivity index (χ1v) is 11.4. The van der Waals surface area contributed by atoms with Crippen LogP contribution in [-0.4, -0.2) is 12.4 Å². The number of carbonyl (C=O) groups excluding carboxylic acids is 1. The van der Waals surface area contributed by atoms with E-state index in [0.29, 0.717) is 18.3 Å². The number of carbonyl (C=O) groups is 1. The van der Waals surface area contributed by atoms with Crippen molar-refractivity contribution in [1.82, 2.24) is 0 Å². The third kappa shape index (κ3) is 15.4. The molecule has 0 aromatic heterocycles. The number of allylic oxidation sites excluding steroid dienone is 3. The number of benzene rings is 1. The molecule has 0 atom stereocenters. The summed E-state index contributed by atoms with van der Waals surface area (Å²) in [6, 6.07) is 5.01. The molecule has 1 fully saturated rings. The van der Waals surface area contributed by atoms with E-state index in [1.165, 1.54) is 31.7 Å². The Labute approximate surface area is 186 Å². The lowest BCUT2D eigenvalue weighted by Gasteiger charge is -2.09. The van der Waals surface area contributed by atoms with E-state index in [1.54, 1.807) is 13.0 Å². The standard InChI is InChI=1S/C16H19F3O.C8H14O.C2H6/c17-16(18,19)14-9-5-10-15(12-14)20-11-4-3-8-13-6-1-2-7-13;1-3-4-5-6-7-8(2)9;1-2/h3,5,8-10,12-13H,1-2,4,6-7,11H2;3-4H,5-7H2,1-2H3;1-2H3/b8-3+;4-3-;. The Hall–Kier alpha value is -2.04. The van der Waals surface area contributed by atoms with Gasteiger partial charge in [0.25, 0.3) is 0 Å². The van der Waals surface area contributed by atoms with Crippen molar-refractivity contribution < 1.29 is 22.7 Å². The van der Waals surface area contributed by atoms with Crippen molar-refractivity contribution in [2.24, 2.45) is 5.92 Å². The van der Waals surface area contributed by atoms with Gasteiger partial charge in [0, 0.05) is 6.42 Å². The lowest BCUT2D eigenvalue weighted by molar-refractivity contribution is -0.137. The molecule has 0 aliphatic heterocycles. The second kappa shape index (κ2) is 17.6. The Kier molecular flexibility index (Phi) is 16.5. The number of alkyl halides is 3. The SMILES string of the molecule is C/C=C\CCCC(C)=O.CC.FC(F)(F)c1cccc(OCC/C=C/C2CCCC2)c1. The fourth-order valence-corrected chi connectivity index (χ4v) is 3.08. The molecule has 2 rings (SSSR count). The summed E-state index contributed by atoms with van der Waals surface area (Å²) < 4.78 is 42.9. The van der Waals surface area contributed by atoms with E-state index in [9.17, 15) is 18.0 Å². The van der Waals surface area contributed by atoms with Gasteiger partial charge in [0.15, 0.2) is 0 Å². The highest BCUT2D eigenvalue weighted by Gasteiger charge is 2.30. The maximum absolute atomic E-state index is 12.5. The van der Waals surface area contributed by atoms with Crippen LogP contribution in [-0.2, 0) is 11.0 Å². The van der Waals surface area contributed by atoms with E-state index in [1.807, 2.05) is 26.8 Å². The summed E-state index contributed by atoms with van der Waals surface area (Å²) >= 11 is 0. The van der Waals surface area contributed by atoms with Gasteiger partial charge in [-0.25, -0.2) is 0 Å². The van der Waals surface area contributed by atoms with Crippen LogP contribution in [0.25, 0.3) is 0 Å². The monoisotopic (exact) mass is 440 g/mol. The Balaban J connectivity index is 0.000000692. The molecule has 1 aromatic carbocycles. The molecule has 0 saturated heterocycles. The fourth-order valence-electron chi connectivity index (χ4n) is 3.08. The predicted octanol–water partition coefficient (Wildman–Crippen LogP) is 8.57. The van der Waals surface area contributed by atoms with Crippen molar-refractivity contribution in [2.45, 2.75) is 85.2 Å². The second-order valence-corrected chi connectivity index (χ2v) is 7.30. The highest BCUT2D eigenvalue weighted by molar-refractivity contribution is 5.75. The average Bonchev–Trinajstić information content (AvgIpc) is 3.26. The van der Waals surface area contributed by atoms with Crippen LogP contribution in [0.15, 0.2) is 48.6 Å². The number of ether oxygens (including phenoxy) is 1. The number of halogens is 3. The smallest absolute Gasteiger partial charge is 0.416 e. The summed E-state index contributed by atoms with van der Waals surface area (Å²) in [5.41, 5.74) is -0.670. The Morgan fingerprint density at radius 1 is 1.13 bits per heavy atom. The van der Waals surface area contributed by atoms with Gasteiger partial charge < -0.3 is 9.53 Å². The van der Waals surface area contributed by atoms with Gasteiger partial charge >= 0.3 is 6.18 Å². The molecule has 1 aliphatic carbocycles. The van der Waals surface area contributed by atoms with E-state index in [-0.39, 0.29) is 5.75 Å². The van der Waals surface area contributed by atoms with Gasteiger partial charge in [-0.2, -0.15) is 13.2 Å². The van der Waals surface area contributed by atoms with E-state index < -0.39 is 11.7 Å². The number of ketones is 1. The lowest BCUT2D eigenvalue weighted by Crippen LogP contribution is -2.05. The zero-order valence-corrected chi connectivity index (χ0v) is 19.5. The summed E-state index contributed by atoms with van der Waals surface area (Å²) in [6.07, 6.45) is 12.7. The Bertz CT molecular complexity index is 642. The van der Waals surface area contributed by atoms with Crippen molar-refractivity contribution in [3.63, 3.8) is 0 Å². The topological polar surface area (TPSA) is 26.3 Å². The predicted molar refractivity (Wildman–Crippen MR) is 123 cm³/mol. The molecule has 0 bridgehead atoms. The minimum absolute atomic E-state index is 0.272. The third-order valence-electron chi connectivity index (χ3n) is 4.66. The van der Waals surface area contributed by atoms with Gasteiger partial charge in [0.1, 0.15) is 11.5 Å². The molecule has 1 saturated carbocycles. The number of rotatable bonds is 9. The summed E-state index contributed by atoms with van der Waals surface area (Å²) in [5.74, 6) is 1.25. The van der Waals surface area contributed by atoms with Crippen LogP contribution in [0.3, 0.4) is 0 Å². The van der Waals surface area contributed by atoms with Gasteiger partial charge in [-0.3, -0.25) is 0 Å². The summed E-state index contributed by atoms with van der Waals surface area (Å²) in [7, 11) is 0. The molecule has 0 spiro atoms. The van der Waals surface area contributed by atoms with Crippen molar-refractivity contribution >= 4 is 5.78 Å². The number of unbranched alkanes of at least 4 members (excludes halogenated alkanes) is 1. The van der Waals surface area contributed by atoms with Crippen molar-refractivity contribution in [1.29, 1.82) is 0 Å². The minimum atomic E-state index is -4.32. The van der Waals surface area contributed by atoms with Crippen molar-refractivity contribution in [3.8, 4) is 5.75 Å². The molecular weight excluding hydrogens is 401 g/mol. The Morgan fingerprint density at radius 3 is 2.39 bits per heavy atom. The Morgan fingerprint density at radius 2 is 1.81 bits per heavy atom. The summed E-state index contributed by atoms with van der Waals surface area (Å²) in [4.78, 5) is 10.4. The first-order valence-electron chi connectivity index (χ1n) is 11.4. The largest absolute Gasteiger partial charge is 0.493 e. The molecule has 0 amide bonds. The van der Waals surface area contributed by atoms with Gasteiger partial charge in [0.2, 0.25) is 0 Å². The first-order chi connectivity index (χ1) is 14.8. The molecular formula is C26H39F3O2. The van der Waals surface area contributed by atoms with Gasteiger partial charge in [-0.15, -0.1) is 0 Å². The van der Waals surface area contributed by atoms with Crippen molar-refractivity contribution in [3.05, 3.63) is 54.1 Å². The van der Waals surface area contributed by atoms with Crippen LogP contribution in [0, 0.1) is 5.92 Å². The molecule has 1 aromatic rings. The zero-order valence-electron chi connectivity index (χ0n) is 19.5. The van der Waals surface area contributed by atoms with Crippen LogP contribution < -0.4 is 4.74 Å². The van der Waals surface area contributed by atoms with Gasteiger partial charge in [0.05, 0.1) is 12.2 Å². The lowest BCUT2D eigenvalue weighted by atomic mass is 10.1. The van der Waals surface area contributed by atoms with Gasteiger partial charge in [-0.05, 0) is 70.1 Å². The molecule has 31 heavy (non-hydrogen) atoms. The van der Waals surface area contributed by atoms with E-state index >= 15 is 0 Å². The first kappa shape index (κ1) is 29.0. The molecule has 0 radical (unpaired) electrons. The molecule has 0 unspecified atom stereocenters. The summed E-state index contributed by atoms with van der Waals surface area (Å²) in [6.45, 7) is 8.04.